The molecule has 0 aliphatic carbocycles. The molecule has 0 fully saturated rings. The molecule has 0 saturated carbocycles. The first-order valence-corrected chi connectivity index (χ1v) is 2.57. The lowest BCUT2D eigenvalue weighted by Crippen LogP contribution is -1.80. The van der Waals surface area contributed by atoms with Crippen molar-refractivity contribution >= 4 is 6.20 Å². The zero-order valence-electron chi connectivity index (χ0n) is 4.33. The van der Waals surface area contributed by atoms with Gasteiger partial charge in [0.1, 0.15) is 0 Å². The lowest BCUT2D eigenvalue weighted by molar-refractivity contribution is 1.14. The topological polar surface area (TPSA) is 4.93 Å². The van der Waals surface area contributed by atoms with Crippen LogP contribution in [0.5, 0.6) is 0 Å². The van der Waals surface area contributed by atoms with E-state index in [1.54, 1.807) is 0 Å². The largest absolute Gasteiger partial charge is 0.319 e. The molecule has 1 aliphatic heterocycles. The molecule has 2 rings (SSSR count). The zero-order valence-corrected chi connectivity index (χ0v) is 4.33. The van der Waals surface area contributed by atoms with Crippen LogP contribution in [-0.2, 0) is 0 Å². The quantitative estimate of drug-likeness (QED) is 0.466. The summed E-state index contributed by atoms with van der Waals surface area (Å²) < 4.78 is 1.96. The molecule has 0 atom stereocenters. The smallest absolute Gasteiger partial charge is 0.0694 e. The van der Waals surface area contributed by atoms with Gasteiger partial charge in [-0.1, -0.05) is 6.08 Å². The molecule has 38 valence electrons. The molecule has 1 aromatic heterocycles. The molecule has 1 aromatic rings. The highest BCUT2D eigenvalue weighted by atomic mass is 15.0. The summed E-state index contributed by atoms with van der Waals surface area (Å²) in [5.41, 5.74) is 1.21. The van der Waals surface area contributed by atoms with Gasteiger partial charge in [0.25, 0.3) is 0 Å². The fourth-order valence-corrected chi connectivity index (χ4v) is 0.850. The van der Waals surface area contributed by atoms with E-state index in [0.717, 1.165) is 0 Å². The molecule has 1 aliphatic rings. The number of hydrogen-bond donors (Lipinski definition) is 0. The first-order chi connectivity index (χ1) is 3.97. The zero-order chi connectivity index (χ0) is 5.40. The number of nitrogens with zero attached hydrogens (tertiary/aromatic N) is 1. The van der Waals surface area contributed by atoms with Gasteiger partial charge in [-0.2, -0.15) is 0 Å². The Labute approximate surface area is 48.2 Å². The summed E-state index contributed by atoms with van der Waals surface area (Å²) in [5.74, 6) is 0. The Balaban J connectivity index is 2.67. The predicted octanol–water partition coefficient (Wildman–Crippen LogP) is 1.32. The Kier molecular flexibility index (Phi) is 0.618. The molecular weight excluding hydrogens is 98.1 g/mol. The van der Waals surface area contributed by atoms with Crippen LogP contribution in [0.3, 0.4) is 0 Å². The maximum Gasteiger partial charge on any atom is 0.0694 e. The van der Waals surface area contributed by atoms with Gasteiger partial charge in [-0.3, -0.25) is 0 Å². The highest BCUT2D eigenvalue weighted by Gasteiger charge is 2.00. The van der Waals surface area contributed by atoms with Gasteiger partial charge in [0.2, 0.25) is 0 Å². The van der Waals surface area contributed by atoms with Gasteiger partial charge < -0.3 is 4.57 Å². The summed E-state index contributed by atoms with van der Waals surface area (Å²) in [7, 11) is 0. The SMILES string of the molecule is [c]1ccc2n1C=C[CH]2. The van der Waals surface area contributed by atoms with Gasteiger partial charge >= 0.3 is 0 Å². The Bertz CT molecular complexity index is 220. The average molecular weight is 103 g/mol. The molecule has 0 N–H and O–H groups in total. The second kappa shape index (κ2) is 1.25. The lowest BCUT2D eigenvalue weighted by Gasteiger charge is -1.86. The molecule has 0 amide bonds. The van der Waals surface area contributed by atoms with E-state index in [2.05, 4.69) is 12.6 Å². The van der Waals surface area contributed by atoms with Crippen molar-refractivity contribution in [1.29, 1.82) is 0 Å². The third kappa shape index (κ3) is 0.360. The highest BCUT2D eigenvalue weighted by Crippen LogP contribution is 2.11. The predicted molar refractivity (Wildman–Crippen MR) is 32.0 cm³/mol. The second-order valence-corrected chi connectivity index (χ2v) is 1.77. The van der Waals surface area contributed by atoms with Crippen molar-refractivity contribution < 1.29 is 0 Å². The minimum atomic E-state index is 1.21. The fourth-order valence-electron chi connectivity index (χ4n) is 0.850. The summed E-state index contributed by atoms with van der Waals surface area (Å²) >= 11 is 0. The van der Waals surface area contributed by atoms with Gasteiger partial charge in [-0.05, 0) is 12.1 Å². The van der Waals surface area contributed by atoms with Gasteiger partial charge in [0, 0.05) is 18.3 Å². The highest BCUT2D eigenvalue weighted by molar-refractivity contribution is 5.43. The molecule has 1 heteroatoms. The summed E-state index contributed by atoms with van der Waals surface area (Å²) in [6, 6.07) is 3.94. The minimum Gasteiger partial charge on any atom is -0.319 e. The summed E-state index contributed by atoms with van der Waals surface area (Å²) in [4.78, 5) is 0. The van der Waals surface area contributed by atoms with Gasteiger partial charge in [0.05, 0.1) is 6.20 Å². The third-order valence-corrected chi connectivity index (χ3v) is 1.25. The van der Waals surface area contributed by atoms with Crippen LogP contribution < -0.4 is 0 Å². The van der Waals surface area contributed by atoms with Crippen LogP contribution in [0.15, 0.2) is 18.2 Å². The van der Waals surface area contributed by atoms with Crippen LogP contribution in [0, 0.1) is 12.6 Å². The molecule has 2 heterocycles. The fraction of sp³-hybridized carbons (Fsp3) is 0. The molecule has 1 nitrogen and oxygen atoms in total. The van der Waals surface area contributed by atoms with Crippen molar-refractivity contribution in [3.63, 3.8) is 0 Å². The van der Waals surface area contributed by atoms with Crippen LogP contribution in [0.4, 0.5) is 0 Å². The number of aromatic nitrogens is 1. The first-order valence-electron chi connectivity index (χ1n) is 2.57. The molecule has 0 aromatic carbocycles. The van der Waals surface area contributed by atoms with Gasteiger partial charge in [0.15, 0.2) is 0 Å². The maximum atomic E-state index is 3.02. The van der Waals surface area contributed by atoms with Crippen LogP contribution in [0.25, 0.3) is 6.20 Å². The average Bonchev–Trinajstić information content (AvgIpc) is 2.15. The van der Waals surface area contributed by atoms with Crippen molar-refractivity contribution in [3.8, 4) is 0 Å². The van der Waals surface area contributed by atoms with Gasteiger partial charge in [-0.15, -0.1) is 0 Å². The van der Waals surface area contributed by atoms with Crippen molar-refractivity contribution in [2.75, 3.05) is 0 Å². The van der Waals surface area contributed by atoms with Crippen molar-refractivity contribution in [3.05, 3.63) is 36.5 Å². The van der Waals surface area contributed by atoms with Crippen molar-refractivity contribution in [1.82, 2.24) is 4.57 Å². The summed E-state index contributed by atoms with van der Waals surface area (Å²) in [6.45, 7) is 0. The van der Waals surface area contributed by atoms with E-state index in [0.29, 0.717) is 0 Å². The standard InChI is InChI=1S/C7H5N/c1-3-7-4-2-6-8(7)5-1/h1-5H. The maximum absolute atomic E-state index is 3.02. The monoisotopic (exact) mass is 103 g/mol. The molecule has 0 bridgehead atoms. The van der Waals surface area contributed by atoms with Crippen LogP contribution in [-0.4, -0.2) is 4.57 Å². The van der Waals surface area contributed by atoms with Gasteiger partial charge in [-0.25, -0.2) is 0 Å². The number of rotatable bonds is 0. The number of hydrogen-bond acceptors (Lipinski definition) is 0. The molecule has 8 heavy (non-hydrogen) atoms. The van der Waals surface area contributed by atoms with E-state index in [1.807, 2.05) is 29.0 Å². The molecule has 0 saturated heterocycles. The summed E-state index contributed by atoms with van der Waals surface area (Å²) in [5, 5.41) is 0. The first kappa shape index (κ1) is 3.96. The molecule has 0 unspecified atom stereocenters. The Morgan fingerprint density at radius 3 is 3.38 bits per heavy atom. The lowest BCUT2D eigenvalue weighted by atomic mass is 10.3. The molecule has 2 radical (unpaired) electrons. The van der Waals surface area contributed by atoms with E-state index in [9.17, 15) is 0 Å². The van der Waals surface area contributed by atoms with Crippen molar-refractivity contribution in [2.24, 2.45) is 0 Å². The normalized spacial score (nSPS) is 14.5. The number of allylic oxidation sites excluding steroid dienone is 1. The Morgan fingerprint density at radius 1 is 1.50 bits per heavy atom. The van der Waals surface area contributed by atoms with Crippen molar-refractivity contribution in [2.45, 2.75) is 0 Å². The van der Waals surface area contributed by atoms with E-state index in [-0.39, 0.29) is 0 Å². The van der Waals surface area contributed by atoms with E-state index in [4.69, 9.17) is 0 Å². The van der Waals surface area contributed by atoms with Crippen LogP contribution in [0.2, 0.25) is 0 Å². The second-order valence-electron chi connectivity index (χ2n) is 1.77. The molecule has 0 spiro atoms. The van der Waals surface area contributed by atoms with Crippen LogP contribution >= 0.6 is 0 Å². The Morgan fingerprint density at radius 2 is 2.50 bits per heavy atom. The Hall–Kier alpha value is -0.980. The summed E-state index contributed by atoms with van der Waals surface area (Å²) in [6.07, 6.45) is 9.06. The van der Waals surface area contributed by atoms with E-state index < -0.39 is 0 Å². The van der Waals surface area contributed by atoms with Crippen LogP contribution in [0.1, 0.15) is 5.69 Å². The molecular formula is C7H5N. The van der Waals surface area contributed by atoms with E-state index >= 15 is 0 Å². The third-order valence-electron chi connectivity index (χ3n) is 1.25. The minimum absolute atomic E-state index is 1.21. The number of fused-ring (bicyclic) bond motifs is 1. The van der Waals surface area contributed by atoms with E-state index in [1.165, 1.54) is 5.69 Å².